The van der Waals surface area contributed by atoms with Crippen molar-refractivity contribution in [3.05, 3.63) is 68.9 Å². The third-order valence-electron chi connectivity index (χ3n) is 4.80. The number of thioether (sulfide) groups is 1. The minimum atomic E-state index is -0.620. The Kier molecular flexibility index (Phi) is 10.8. The van der Waals surface area contributed by atoms with Crippen molar-refractivity contribution >= 4 is 51.1 Å². The molecule has 0 saturated carbocycles. The van der Waals surface area contributed by atoms with Crippen LogP contribution < -0.4 is 5.32 Å². The highest BCUT2D eigenvalue weighted by Crippen LogP contribution is 2.24. The number of amides is 2. The number of nitrogens with zero attached hydrogens (tertiary/aromatic N) is 1. The lowest BCUT2D eigenvalue weighted by Gasteiger charge is -2.29. The van der Waals surface area contributed by atoms with Crippen molar-refractivity contribution in [2.24, 2.45) is 0 Å². The summed E-state index contributed by atoms with van der Waals surface area (Å²) in [5.41, 5.74) is 1.30. The Hall–Kier alpha value is -1.57. The second-order valence-electron chi connectivity index (χ2n) is 7.16. The van der Waals surface area contributed by atoms with E-state index < -0.39 is 6.04 Å². The molecule has 31 heavy (non-hydrogen) atoms. The maximum absolute atomic E-state index is 14.0. The minimum Gasteiger partial charge on any atom is -0.354 e. The molecule has 0 unspecified atom stereocenters. The molecule has 0 spiro atoms. The van der Waals surface area contributed by atoms with E-state index in [0.717, 1.165) is 22.9 Å². The molecule has 0 aliphatic rings. The lowest BCUT2D eigenvalue weighted by molar-refractivity contribution is -0.138. The molecule has 0 fully saturated rings. The molecule has 8 heteroatoms. The lowest BCUT2D eigenvalue weighted by Crippen LogP contribution is -2.48. The molecule has 2 rings (SSSR count). The van der Waals surface area contributed by atoms with Gasteiger partial charge in [-0.15, -0.1) is 11.8 Å². The first kappa shape index (κ1) is 25.7. The lowest BCUT2D eigenvalue weighted by atomic mass is 10.1. The van der Waals surface area contributed by atoms with Crippen LogP contribution in [0.2, 0.25) is 5.02 Å². The molecular weight excluding hydrogens is 503 g/mol. The Morgan fingerprint density at radius 1 is 1.23 bits per heavy atom. The molecule has 0 bridgehead atoms. The number of benzene rings is 2. The number of hydrogen-bond donors (Lipinski definition) is 1. The fraction of sp³-hybridized carbons (Fsp3) is 0.391. The van der Waals surface area contributed by atoms with Crippen LogP contribution in [-0.4, -0.2) is 35.1 Å². The van der Waals surface area contributed by atoms with Gasteiger partial charge in [-0.2, -0.15) is 0 Å². The van der Waals surface area contributed by atoms with E-state index in [1.165, 1.54) is 17.8 Å². The van der Waals surface area contributed by atoms with Crippen molar-refractivity contribution in [1.29, 1.82) is 0 Å². The van der Waals surface area contributed by atoms with Crippen LogP contribution in [0.4, 0.5) is 4.39 Å². The standard InChI is InChI=1S/C23H27BrClFN2O2S/c1-3-4-12-27-23(30)16(2)28(13-17-8-10-18(24)11-9-17)22(29)15-31-14-19-20(25)6-5-7-21(19)26/h5-11,16H,3-4,12-15H2,1-2H3,(H,27,30)/t16-/m1/s1. The molecular formula is C23H27BrClFN2O2S. The number of unbranched alkanes of at least 4 members (excludes halogenated alkanes) is 1. The van der Waals surface area contributed by atoms with Crippen molar-refractivity contribution in [2.75, 3.05) is 12.3 Å². The maximum atomic E-state index is 14.0. The highest BCUT2D eigenvalue weighted by molar-refractivity contribution is 9.10. The molecule has 2 aromatic carbocycles. The van der Waals surface area contributed by atoms with Crippen LogP contribution in [-0.2, 0) is 21.9 Å². The van der Waals surface area contributed by atoms with Gasteiger partial charge in [0.2, 0.25) is 11.8 Å². The summed E-state index contributed by atoms with van der Waals surface area (Å²) in [7, 11) is 0. The van der Waals surface area contributed by atoms with Gasteiger partial charge in [0.05, 0.1) is 5.75 Å². The molecule has 0 saturated heterocycles. The predicted octanol–water partition coefficient (Wildman–Crippen LogP) is 5.81. The van der Waals surface area contributed by atoms with Crippen LogP contribution in [0.15, 0.2) is 46.9 Å². The molecule has 2 amide bonds. The molecule has 0 aliphatic carbocycles. The van der Waals surface area contributed by atoms with Gasteiger partial charge in [0, 0.05) is 33.9 Å². The van der Waals surface area contributed by atoms with Gasteiger partial charge in [0.25, 0.3) is 0 Å². The summed E-state index contributed by atoms with van der Waals surface area (Å²) >= 11 is 10.8. The smallest absolute Gasteiger partial charge is 0.242 e. The van der Waals surface area contributed by atoms with Crippen LogP contribution in [0.5, 0.6) is 0 Å². The summed E-state index contributed by atoms with van der Waals surface area (Å²) in [5.74, 6) is -0.351. The van der Waals surface area contributed by atoms with Crippen molar-refractivity contribution in [2.45, 2.75) is 45.0 Å². The molecule has 168 valence electrons. The fourth-order valence-electron chi connectivity index (χ4n) is 2.90. The van der Waals surface area contributed by atoms with E-state index in [1.54, 1.807) is 24.0 Å². The predicted molar refractivity (Wildman–Crippen MR) is 130 cm³/mol. The van der Waals surface area contributed by atoms with E-state index in [1.807, 2.05) is 24.3 Å². The fourth-order valence-corrected chi connectivity index (χ4v) is 4.41. The van der Waals surface area contributed by atoms with E-state index in [4.69, 9.17) is 11.6 Å². The average Bonchev–Trinajstić information content (AvgIpc) is 2.75. The van der Waals surface area contributed by atoms with E-state index in [9.17, 15) is 14.0 Å². The van der Waals surface area contributed by atoms with Gasteiger partial charge < -0.3 is 10.2 Å². The summed E-state index contributed by atoms with van der Waals surface area (Å²) in [6, 6.07) is 11.5. The molecule has 0 aliphatic heterocycles. The first-order valence-electron chi connectivity index (χ1n) is 10.2. The van der Waals surface area contributed by atoms with Crippen molar-refractivity contribution in [3.8, 4) is 0 Å². The van der Waals surface area contributed by atoms with Crippen molar-refractivity contribution in [1.82, 2.24) is 10.2 Å². The molecule has 0 radical (unpaired) electrons. The first-order chi connectivity index (χ1) is 14.8. The monoisotopic (exact) mass is 528 g/mol. The Balaban J connectivity index is 2.07. The molecule has 1 N–H and O–H groups in total. The largest absolute Gasteiger partial charge is 0.354 e. The first-order valence-corrected chi connectivity index (χ1v) is 12.5. The van der Waals surface area contributed by atoms with Crippen LogP contribution >= 0.6 is 39.3 Å². The van der Waals surface area contributed by atoms with E-state index in [0.29, 0.717) is 23.7 Å². The SMILES string of the molecule is CCCCNC(=O)[C@@H](C)N(Cc1ccc(Br)cc1)C(=O)CSCc1c(F)cccc1Cl. The Morgan fingerprint density at radius 2 is 1.94 bits per heavy atom. The Labute approximate surface area is 201 Å². The average molecular weight is 530 g/mol. The topological polar surface area (TPSA) is 49.4 Å². The molecule has 2 aromatic rings. The summed E-state index contributed by atoms with van der Waals surface area (Å²) in [6.07, 6.45) is 1.86. The Bertz CT molecular complexity index is 862. The van der Waals surface area contributed by atoms with Gasteiger partial charge in [-0.25, -0.2) is 4.39 Å². The number of nitrogens with one attached hydrogen (secondary N) is 1. The summed E-state index contributed by atoms with van der Waals surface area (Å²) in [5, 5.41) is 3.24. The zero-order chi connectivity index (χ0) is 22.8. The van der Waals surface area contributed by atoms with Crippen LogP contribution in [0, 0.1) is 5.82 Å². The molecule has 1 atom stereocenters. The molecule has 0 heterocycles. The van der Waals surface area contributed by atoms with Gasteiger partial charge in [-0.3, -0.25) is 9.59 Å². The molecule has 4 nitrogen and oxygen atoms in total. The van der Waals surface area contributed by atoms with Crippen LogP contribution in [0.25, 0.3) is 0 Å². The van der Waals surface area contributed by atoms with Crippen LogP contribution in [0.1, 0.15) is 37.8 Å². The van der Waals surface area contributed by atoms with Crippen LogP contribution in [0.3, 0.4) is 0 Å². The highest BCUT2D eigenvalue weighted by atomic mass is 79.9. The normalized spacial score (nSPS) is 11.8. The summed E-state index contributed by atoms with van der Waals surface area (Å²) < 4.78 is 14.9. The van der Waals surface area contributed by atoms with Gasteiger partial charge in [0.15, 0.2) is 0 Å². The zero-order valence-corrected chi connectivity index (χ0v) is 20.8. The van der Waals surface area contributed by atoms with Gasteiger partial charge >= 0.3 is 0 Å². The van der Waals surface area contributed by atoms with E-state index >= 15 is 0 Å². The van der Waals surface area contributed by atoms with Crippen molar-refractivity contribution in [3.63, 3.8) is 0 Å². The third-order valence-corrected chi connectivity index (χ3v) is 6.62. The third kappa shape index (κ3) is 8.13. The van der Waals surface area contributed by atoms with Crippen molar-refractivity contribution < 1.29 is 14.0 Å². The summed E-state index contributed by atoms with van der Waals surface area (Å²) in [6.45, 7) is 4.68. The highest BCUT2D eigenvalue weighted by Gasteiger charge is 2.26. The zero-order valence-electron chi connectivity index (χ0n) is 17.7. The quantitative estimate of drug-likeness (QED) is 0.374. The second-order valence-corrected chi connectivity index (χ2v) is 9.47. The number of carbonyl (C=O) groups is 2. The maximum Gasteiger partial charge on any atom is 0.242 e. The number of rotatable bonds is 11. The van der Waals surface area contributed by atoms with Gasteiger partial charge in [0.1, 0.15) is 11.9 Å². The number of halogens is 3. The minimum absolute atomic E-state index is 0.119. The van der Waals surface area contributed by atoms with Gasteiger partial charge in [-0.05, 0) is 43.2 Å². The van der Waals surface area contributed by atoms with E-state index in [-0.39, 0.29) is 29.1 Å². The molecule has 0 aromatic heterocycles. The Morgan fingerprint density at radius 3 is 2.58 bits per heavy atom. The second kappa shape index (κ2) is 13.1. The van der Waals surface area contributed by atoms with E-state index in [2.05, 4.69) is 28.2 Å². The summed E-state index contributed by atoms with van der Waals surface area (Å²) in [4.78, 5) is 27.2. The number of carbonyl (C=O) groups excluding carboxylic acids is 2. The number of hydrogen-bond acceptors (Lipinski definition) is 3. The van der Waals surface area contributed by atoms with Gasteiger partial charge in [-0.1, -0.05) is 59.1 Å².